The molecule has 1 aromatic heterocycles. The molecular formula is C13H15N5O2. The van der Waals surface area contributed by atoms with Crippen LogP contribution in [0.1, 0.15) is 20.8 Å². The van der Waals surface area contributed by atoms with E-state index in [0.29, 0.717) is 16.9 Å². The van der Waals surface area contributed by atoms with Crippen LogP contribution in [0.4, 0.5) is 11.4 Å². The number of rotatable bonds is 3. The van der Waals surface area contributed by atoms with Gasteiger partial charge in [-0.15, -0.1) is 0 Å². The lowest BCUT2D eigenvalue weighted by atomic mass is 10.2. The lowest BCUT2D eigenvalue weighted by molar-refractivity contribution is 0.0961. The first-order chi connectivity index (χ1) is 9.51. The van der Waals surface area contributed by atoms with E-state index in [2.05, 4.69) is 15.7 Å². The molecule has 7 nitrogen and oxygen atoms in total. The molecule has 0 aliphatic rings. The molecule has 0 aliphatic carbocycles. The van der Waals surface area contributed by atoms with Crippen molar-refractivity contribution in [3.05, 3.63) is 41.7 Å². The maximum atomic E-state index is 12.0. The van der Waals surface area contributed by atoms with Gasteiger partial charge in [0.25, 0.3) is 11.8 Å². The zero-order chi connectivity index (χ0) is 14.7. The van der Waals surface area contributed by atoms with Gasteiger partial charge in [-0.25, -0.2) is 0 Å². The van der Waals surface area contributed by atoms with E-state index in [-0.39, 0.29) is 11.6 Å². The Labute approximate surface area is 115 Å². The van der Waals surface area contributed by atoms with E-state index in [1.807, 2.05) is 0 Å². The van der Waals surface area contributed by atoms with Gasteiger partial charge in [0.1, 0.15) is 0 Å². The van der Waals surface area contributed by atoms with E-state index in [4.69, 9.17) is 5.73 Å². The number of hydrogen-bond acceptors (Lipinski definition) is 4. The number of benzene rings is 1. The Bertz CT molecular complexity index is 663. The summed E-state index contributed by atoms with van der Waals surface area (Å²) < 4.78 is 1.46. The first kappa shape index (κ1) is 13.6. The van der Waals surface area contributed by atoms with Gasteiger partial charge >= 0.3 is 0 Å². The van der Waals surface area contributed by atoms with Gasteiger partial charge < -0.3 is 16.4 Å². The number of aryl methyl sites for hydroxylation is 1. The van der Waals surface area contributed by atoms with Gasteiger partial charge in [-0.2, -0.15) is 5.10 Å². The van der Waals surface area contributed by atoms with E-state index >= 15 is 0 Å². The molecule has 0 bridgehead atoms. The summed E-state index contributed by atoms with van der Waals surface area (Å²) >= 11 is 0. The van der Waals surface area contributed by atoms with Crippen LogP contribution in [-0.4, -0.2) is 28.6 Å². The van der Waals surface area contributed by atoms with Gasteiger partial charge in [0.05, 0.1) is 5.69 Å². The standard InChI is InChI=1S/C13H15N5O2/c1-15-12(19)8-4-3-5-9(6-8)16-13(20)11-10(14)7-18(2)17-11/h3-7H,14H2,1-2H3,(H,15,19)(H,16,20). The summed E-state index contributed by atoms with van der Waals surface area (Å²) in [6.07, 6.45) is 1.55. The summed E-state index contributed by atoms with van der Waals surface area (Å²) in [4.78, 5) is 23.6. The van der Waals surface area contributed by atoms with Gasteiger partial charge in [0.2, 0.25) is 0 Å². The molecule has 2 aromatic rings. The molecule has 0 radical (unpaired) electrons. The molecule has 4 N–H and O–H groups in total. The molecule has 0 spiro atoms. The largest absolute Gasteiger partial charge is 0.396 e. The van der Waals surface area contributed by atoms with E-state index in [1.54, 1.807) is 44.6 Å². The molecule has 1 heterocycles. The summed E-state index contributed by atoms with van der Waals surface area (Å²) in [5.74, 6) is -0.643. The highest BCUT2D eigenvalue weighted by Crippen LogP contribution is 2.14. The monoisotopic (exact) mass is 273 g/mol. The van der Waals surface area contributed by atoms with Crippen molar-refractivity contribution < 1.29 is 9.59 Å². The van der Waals surface area contributed by atoms with Crippen LogP contribution in [0, 0.1) is 0 Å². The van der Waals surface area contributed by atoms with Gasteiger partial charge in [-0.3, -0.25) is 14.3 Å². The highest BCUT2D eigenvalue weighted by atomic mass is 16.2. The molecule has 104 valence electrons. The van der Waals surface area contributed by atoms with Crippen LogP contribution in [0.25, 0.3) is 0 Å². The minimum Gasteiger partial charge on any atom is -0.396 e. The number of carbonyl (C=O) groups is 2. The van der Waals surface area contributed by atoms with Crippen molar-refractivity contribution in [1.29, 1.82) is 0 Å². The third-order valence-electron chi connectivity index (χ3n) is 2.68. The molecule has 2 rings (SSSR count). The zero-order valence-electron chi connectivity index (χ0n) is 11.2. The normalized spacial score (nSPS) is 10.1. The molecule has 20 heavy (non-hydrogen) atoms. The number of nitrogens with zero attached hydrogens (tertiary/aromatic N) is 2. The molecule has 0 saturated carbocycles. The van der Waals surface area contributed by atoms with Crippen LogP contribution >= 0.6 is 0 Å². The number of carbonyl (C=O) groups excluding carboxylic acids is 2. The van der Waals surface area contributed by atoms with Crippen LogP contribution in [0.5, 0.6) is 0 Å². The number of aromatic nitrogens is 2. The van der Waals surface area contributed by atoms with Gasteiger partial charge in [-0.1, -0.05) is 6.07 Å². The van der Waals surface area contributed by atoms with Crippen LogP contribution < -0.4 is 16.4 Å². The molecule has 0 atom stereocenters. The number of hydrogen-bond donors (Lipinski definition) is 3. The van der Waals surface area contributed by atoms with Gasteiger partial charge in [0, 0.05) is 31.5 Å². The Hall–Kier alpha value is -2.83. The van der Waals surface area contributed by atoms with E-state index in [0.717, 1.165) is 0 Å². The fourth-order valence-corrected chi connectivity index (χ4v) is 1.76. The number of nitrogens with two attached hydrogens (primary N) is 1. The zero-order valence-corrected chi connectivity index (χ0v) is 11.2. The Balaban J connectivity index is 2.20. The van der Waals surface area contributed by atoms with Crippen molar-refractivity contribution in [3.63, 3.8) is 0 Å². The second-order valence-corrected chi connectivity index (χ2v) is 4.22. The topological polar surface area (TPSA) is 102 Å². The third kappa shape index (κ3) is 2.77. The molecule has 0 saturated heterocycles. The second-order valence-electron chi connectivity index (χ2n) is 4.22. The molecule has 1 aromatic carbocycles. The van der Waals surface area contributed by atoms with Gasteiger partial charge in [0.15, 0.2) is 5.69 Å². The molecule has 0 fully saturated rings. The number of nitrogens with one attached hydrogen (secondary N) is 2. The highest BCUT2D eigenvalue weighted by Gasteiger charge is 2.14. The highest BCUT2D eigenvalue weighted by molar-refractivity contribution is 6.06. The molecule has 7 heteroatoms. The van der Waals surface area contributed by atoms with Crippen molar-refractivity contribution >= 4 is 23.2 Å². The van der Waals surface area contributed by atoms with Crippen molar-refractivity contribution in [2.75, 3.05) is 18.1 Å². The molecular weight excluding hydrogens is 258 g/mol. The van der Waals surface area contributed by atoms with Crippen LogP contribution in [-0.2, 0) is 7.05 Å². The van der Waals surface area contributed by atoms with E-state index in [9.17, 15) is 9.59 Å². The van der Waals surface area contributed by atoms with Crippen LogP contribution in [0.3, 0.4) is 0 Å². The smallest absolute Gasteiger partial charge is 0.278 e. The Kier molecular flexibility index (Phi) is 3.69. The van der Waals surface area contributed by atoms with Crippen molar-refractivity contribution in [1.82, 2.24) is 15.1 Å². The quantitative estimate of drug-likeness (QED) is 0.762. The fourth-order valence-electron chi connectivity index (χ4n) is 1.76. The number of anilines is 2. The van der Waals surface area contributed by atoms with Crippen molar-refractivity contribution in [2.45, 2.75) is 0 Å². The van der Waals surface area contributed by atoms with Crippen molar-refractivity contribution in [2.24, 2.45) is 7.05 Å². The minimum atomic E-state index is -0.419. The predicted molar refractivity (Wildman–Crippen MR) is 75.4 cm³/mol. The summed E-state index contributed by atoms with van der Waals surface area (Å²) in [5.41, 5.74) is 7.10. The van der Waals surface area contributed by atoms with Crippen LogP contribution in [0.2, 0.25) is 0 Å². The Morgan fingerprint density at radius 3 is 2.65 bits per heavy atom. The third-order valence-corrected chi connectivity index (χ3v) is 2.68. The Morgan fingerprint density at radius 1 is 1.30 bits per heavy atom. The Morgan fingerprint density at radius 2 is 2.05 bits per heavy atom. The minimum absolute atomic E-state index is 0.151. The molecule has 0 unspecified atom stereocenters. The maximum absolute atomic E-state index is 12.0. The van der Waals surface area contributed by atoms with Crippen molar-refractivity contribution in [3.8, 4) is 0 Å². The van der Waals surface area contributed by atoms with Gasteiger partial charge in [-0.05, 0) is 18.2 Å². The SMILES string of the molecule is CNC(=O)c1cccc(NC(=O)c2nn(C)cc2N)c1. The summed E-state index contributed by atoms with van der Waals surface area (Å²) in [5, 5.41) is 9.16. The first-order valence-corrected chi connectivity index (χ1v) is 5.94. The second kappa shape index (κ2) is 5.43. The lowest BCUT2D eigenvalue weighted by Crippen LogP contribution is -2.19. The van der Waals surface area contributed by atoms with E-state index < -0.39 is 5.91 Å². The summed E-state index contributed by atoms with van der Waals surface area (Å²) in [6, 6.07) is 6.60. The number of amides is 2. The predicted octanol–water partition coefficient (Wildman–Crippen LogP) is 0.614. The maximum Gasteiger partial charge on any atom is 0.278 e. The number of nitrogen functional groups attached to an aromatic ring is 1. The summed E-state index contributed by atoms with van der Waals surface area (Å²) in [6.45, 7) is 0. The average Bonchev–Trinajstić information content (AvgIpc) is 2.77. The average molecular weight is 273 g/mol. The van der Waals surface area contributed by atoms with E-state index in [1.165, 1.54) is 4.68 Å². The van der Waals surface area contributed by atoms with Crippen LogP contribution in [0.15, 0.2) is 30.5 Å². The first-order valence-electron chi connectivity index (χ1n) is 5.94. The summed E-state index contributed by atoms with van der Waals surface area (Å²) in [7, 11) is 3.22. The lowest BCUT2D eigenvalue weighted by Gasteiger charge is -2.06. The fraction of sp³-hybridized carbons (Fsp3) is 0.154. The molecule has 2 amide bonds. The molecule has 0 aliphatic heterocycles.